The van der Waals surface area contributed by atoms with E-state index in [4.69, 9.17) is 11.6 Å². The first kappa shape index (κ1) is 16.9. The van der Waals surface area contributed by atoms with Crippen LogP contribution in [0, 0.1) is 13.8 Å². The van der Waals surface area contributed by atoms with Gasteiger partial charge in [0.25, 0.3) is 5.91 Å². The number of nitrogens with zero attached hydrogens (tertiary/aromatic N) is 2. The van der Waals surface area contributed by atoms with Crippen molar-refractivity contribution in [1.29, 1.82) is 0 Å². The predicted molar refractivity (Wildman–Crippen MR) is 105 cm³/mol. The van der Waals surface area contributed by atoms with Crippen molar-refractivity contribution in [2.45, 2.75) is 26.8 Å². The van der Waals surface area contributed by atoms with E-state index in [2.05, 4.69) is 22.2 Å². The standard InChI is InChI=1S/C20H21ClN4O/c1-12-13(2)23-18-15(12)10-17(20(26)25-8-5-9-25)24-19(18)22-11-14-6-3-4-7-16(14)21/h3-4,6-7,10,23H,5,8-9,11H2,1-2H3,(H,22,24). The number of aromatic nitrogens is 2. The molecule has 0 bridgehead atoms. The Morgan fingerprint density at radius 1 is 1.31 bits per heavy atom. The minimum atomic E-state index is -0.00260. The lowest BCUT2D eigenvalue weighted by Gasteiger charge is -2.30. The second-order valence-electron chi connectivity index (χ2n) is 6.74. The van der Waals surface area contributed by atoms with Gasteiger partial charge in [-0.1, -0.05) is 29.8 Å². The van der Waals surface area contributed by atoms with Gasteiger partial charge < -0.3 is 15.2 Å². The summed E-state index contributed by atoms with van der Waals surface area (Å²) in [6, 6.07) is 9.61. The Bertz CT molecular complexity index is 991. The minimum Gasteiger partial charge on any atom is -0.364 e. The quantitative estimate of drug-likeness (QED) is 0.722. The minimum absolute atomic E-state index is 0.00260. The van der Waals surface area contributed by atoms with E-state index in [-0.39, 0.29) is 5.91 Å². The van der Waals surface area contributed by atoms with Crippen molar-refractivity contribution in [1.82, 2.24) is 14.9 Å². The topological polar surface area (TPSA) is 61.0 Å². The number of carbonyl (C=O) groups excluding carboxylic acids is 1. The van der Waals surface area contributed by atoms with Crippen LogP contribution >= 0.6 is 11.6 Å². The molecule has 2 N–H and O–H groups in total. The molecule has 3 heterocycles. The van der Waals surface area contributed by atoms with E-state index in [1.807, 2.05) is 42.2 Å². The first-order valence-electron chi connectivity index (χ1n) is 8.81. The summed E-state index contributed by atoms with van der Waals surface area (Å²) >= 11 is 6.26. The van der Waals surface area contributed by atoms with Crippen molar-refractivity contribution in [3.8, 4) is 0 Å². The van der Waals surface area contributed by atoms with Gasteiger partial charge in [0.15, 0.2) is 5.82 Å². The van der Waals surface area contributed by atoms with E-state index in [1.165, 1.54) is 0 Å². The number of aromatic amines is 1. The lowest BCUT2D eigenvalue weighted by Crippen LogP contribution is -2.42. The van der Waals surface area contributed by atoms with Crippen LogP contribution in [0.2, 0.25) is 5.02 Å². The van der Waals surface area contributed by atoms with Gasteiger partial charge >= 0.3 is 0 Å². The highest BCUT2D eigenvalue weighted by Crippen LogP contribution is 2.29. The molecule has 0 spiro atoms. The molecule has 5 nitrogen and oxygen atoms in total. The second kappa shape index (κ2) is 6.65. The SMILES string of the molecule is Cc1[nH]c2c(NCc3ccccc3Cl)nc(C(=O)N3CCC3)cc2c1C. The molecular weight excluding hydrogens is 348 g/mol. The Morgan fingerprint density at radius 2 is 2.08 bits per heavy atom. The Hall–Kier alpha value is -2.53. The third kappa shape index (κ3) is 2.92. The molecule has 26 heavy (non-hydrogen) atoms. The average Bonchev–Trinajstić information content (AvgIpc) is 2.87. The molecule has 0 aliphatic carbocycles. The number of fused-ring (bicyclic) bond motifs is 1. The van der Waals surface area contributed by atoms with Crippen molar-refractivity contribution in [3.05, 3.63) is 57.9 Å². The molecule has 6 heteroatoms. The lowest BCUT2D eigenvalue weighted by atomic mass is 10.1. The van der Waals surface area contributed by atoms with Gasteiger partial charge in [-0.05, 0) is 43.5 Å². The lowest BCUT2D eigenvalue weighted by molar-refractivity contribution is 0.0646. The van der Waals surface area contributed by atoms with E-state index in [1.54, 1.807) is 0 Å². The van der Waals surface area contributed by atoms with E-state index >= 15 is 0 Å². The normalized spacial score (nSPS) is 13.7. The summed E-state index contributed by atoms with van der Waals surface area (Å²) in [6.45, 7) is 6.26. The zero-order valence-electron chi connectivity index (χ0n) is 14.9. The van der Waals surface area contributed by atoms with Crippen LogP contribution in [0.4, 0.5) is 5.82 Å². The molecule has 0 unspecified atom stereocenters. The molecule has 0 atom stereocenters. The molecular formula is C20H21ClN4O. The Kier molecular flexibility index (Phi) is 4.32. The van der Waals surface area contributed by atoms with Crippen LogP contribution in [0.25, 0.3) is 10.9 Å². The summed E-state index contributed by atoms with van der Waals surface area (Å²) in [6.07, 6.45) is 1.06. The maximum atomic E-state index is 12.7. The first-order chi connectivity index (χ1) is 12.5. The Labute approximate surface area is 157 Å². The highest BCUT2D eigenvalue weighted by atomic mass is 35.5. The van der Waals surface area contributed by atoms with Gasteiger partial charge in [0.2, 0.25) is 0 Å². The molecule has 4 rings (SSSR count). The zero-order valence-corrected chi connectivity index (χ0v) is 15.7. The van der Waals surface area contributed by atoms with Gasteiger partial charge in [-0.2, -0.15) is 0 Å². The fraction of sp³-hybridized carbons (Fsp3) is 0.300. The molecule has 0 saturated carbocycles. The highest BCUT2D eigenvalue weighted by Gasteiger charge is 2.24. The number of benzene rings is 1. The number of anilines is 1. The van der Waals surface area contributed by atoms with Gasteiger partial charge in [0, 0.05) is 35.7 Å². The van der Waals surface area contributed by atoms with E-state index < -0.39 is 0 Å². The highest BCUT2D eigenvalue weighted by molar-refractivity contribution is 6.31. The van der Waals surface area contributed by atoms with Gasteiger partial charge in [-0.15, -0.1) is 0 Å². The van der Waals surface area contributed by atoms with Crippen LogP contribution in [0.15, 0.2) is 30.3 Å². The van der Waals surface area contributed by atoms with Crippen molar-refractivity contribution in [2.75, 3.05) is 18.4 Å². The van der Waals surface area contributed by atoms with Crippen molar-refractivity contribution in [2.24, 2.45) is 0 Å². The Morgan fingerprint density at radius 3 is 2.77 bits per heavy atom. The predicted octanol–water partition coefficient (Wildman–Crippen LogP) is 4.29. The number of rotatable bonds is 4. The number of H-pyrrole nitrogens is 1. The van der Waals surface area contributed by atoms with Crippen LogP contribution in [0.1, 0.15) is 33.7 Å². The molecule has 1 aromatic carbocycles. The van der Waals surface area contributed by atoms with Crippen LogP contribution < -0.4 is 5.32 Å². The zero-order chi connectivity index (χ0) is 18.3. The third-order valence-corrected chi connectivity index (χ3v) is 5.43. The molecule has 0 radical (unpaired) electrons. The number of amides is 1. The summed E-state index contributed by atoms with van der Waals surface area (Å²) in [7, 11) is 0. The van der Waals surface area contributed by atoms with E-state index in [0.717, 1.165) is 47.2 Å². The number of carbonyl (C=O) groups is 1. The molecule has 1 amide bonds. The number of hydrogen-bond acceptors (Lipinski definition) is 3. The van der Waals surface area contributed by atoms with E-state index in [0.29, 0.717) is 23.1 Å². The summed E-state index contributed by atoms with van der Waals surface area (Å²) in [5.74, 6) is 0.680. The van der Waals surface area contributed by atoms with Crippen molar-refractivity contribution in [3.63, 3.8) is 0 Å². The molecule has 3 aromatic rings. The first-order valence-corrected chi connectivity index (χ1v) is 9.19. The second-order valence-corrected chi connectivity index (χ2v) is 7.15. The third-order valence-electron chi connectivity index (χ3n) is 5.06. The molecule has 1 saturated heterocycles. The number of nitrogens with one attached hydrogen (secondary N) is 2. The largest absolute Gasteiger partial charge is 0.364 e. The number of pyridine rings is 1. The maximum absolute atomic E-state index is 12.7. The van der Waals surface area contributed by atoms with Crippen LogP contribution in [0.3, 0.4) is 0 Å². The molecule has 2 aromatic heterocycles. The summed E-state index contributed by atoms with van der Waals surface area (Å²) in [5, 5.41) is 5.10. The van der Waals surface area contributed by atoms with Crippen molar-refractivity contribution >= 4 is 34.2 Å². The number of halogens is 1. The van der Waals surface area contributed by atoms with Crippen LogP contribution in [-0.2, 0) is 6.54 Å². The number of likely N-dealkylation sites (tertiary alicyclic amines) is 1. The van der Waals surface area contributed by atoms with Crippen LogP contribution in [-0.4, -0.2) is 33.9 Å². The number of aryl methyl sites for hydroxylation is 2. The molecule has 1 fully saturated rings. The van der Waals surface area contributed by atoms with Crippen molar-refractivity contribution < 1.29 is 4.79 Å². The fourth-order valence-corrected chi connectivity index (χ4v) is 3.39. The van der Waals surface area contributed by atoms with Gasteiger partial charge in [0.1, 0.15) is 5.69 Å². The summed E-state index contributed by atoms with van der Waals surface area (Å²) in [5.41, 5.74) is 4.62. The monoisotopic (exact) mass is 368 g/mol. The van der Waals surface area contributed by atoms with Gasteiger partial charge in [0.05, 0.1) is 5.52 Å². The van der Waals surface area contributed by atoms with Crippen LogP contribution in [0.5, 0.6) is 0 Å². The smallest absolute Gasteiger partial charge is 0.272 e. The summed E-state index contributed by atoms with van der Waals surface area (Å²) in [4.78, 5) is 22.5. The fourth-order valence-electron chi connectivity index (χ4n) is 3.19. The molecule has 134 valence electrons. The molecule has 1 aliphatic rings. The number of hydrogen-bond donors (Lipinski definition) is 2. The van der Waals surface area contributed by atoms with Gasteiger partial charge in [-0.3, -0.25) is 4.79 Å². The summed E-state index contributed by atoms with van der Waals surface area (Å²) < 4.78 is 0. The maximum Gasteiger partial charge on any atom is 0.272 e. The van der Waals surface area contributed by atoms with E-state index in [9.17, 15) is 4.79 Å². The van der Waals surface area contributed by atoms with Gasteiger partial charge in [-0.25, -0.2) is 4.98 Å². The molecule has 1 aliphatic heterocycles. The Balaban J connectivity index is 1.72. The average molecular weight is 369 g/mol.